The second-order valence-corrected chi connectivity index (χ2v) is 5.33. The molecule has 0 fully saturated rings. The highest BCUT2D eigenvalue weighted by Gasteiger charge is 2.14. The second-order valence-electron chi connectivity index (χ2n) is 5.33. The predicted octanol–water partition coefficient (Wildman–Crippen LogP) is 3.28. The number of nitrogens with zero attached hydrogens (tertiary/aromatic N) is 2. The van der Waals surface area contributed by atoms with E-state index >= 15 is 0 Å². The minimum Gasteiger partial charge on any atom is -0.478 e. The van der Waals surface area contributed by atoms with Crippen LogP contribution < -0.4 is 0 Å². The number of aromatic carboxylic acids is 1. The highest BCUT2D eigenvalue weighted by molar-refractivity contribution is 5.87. The van der Waals surface area contributed by atoms with E-state index < -0.39 is 5.97 Å². The Kier molecular flexibility index (Phi) is 4.70. The van der Waals surface area contributed by atoms with Gasteiger partial charge in [0.2, 0.25) is 0 Å². The maximum absolute atomic E-state index is 11.0. The molecule has 0 aliphatic rings. The van der Waals surface area contributed by atoms with E-state index in [2.05, 4.69) is 35.9 Å². The fourth-order valence-electron chi connectivity index (χ4n) is 2.41. The average molecular weight is 284 g/mol. The zero-order chi connectivity index (χ0) is 15.4. The van der Waals surface area contributed by atoms with Crippen molar-refractivity contribution in [2.24, 2.45) is 0 Å². The molecule has 2 rings (SSSR count). The first-order chi connectivity index (χ1) is 9.99. The topological polar surface area (TPSA) is 53.4 Å². The fraction of sp³-hybridized carbons (Fsp3) is 0.294. The third kappa shape index (κ3) is 3.67. The number of pyridine rings is 1. The number of carboxylic acid groups (broad SMARTS) is 1. The molecule has 1 N–H and O–H groups in total. The molecule has 1 atom stereocenters. The van der Waals surface area contributed by atoms with Crippen LogP contribution in [0.15, 0.2) is 42.7 Å². The minimum atomic E-state index is -0.945. The maximum Gasteiger partial charge on any atom is 0.337 e. The summed E-state index contributed by atoms with van der Waals surface area (Å²) in [5.41, 5.74) is 3.67. The van der Waals surface area contributed by atoms with Crippen LogP contribution in [0.4, 0.5) is 0 Å². The number of benzene rings is 1. The monoisotopic (exact) mass is 284 g/mol. The van der Waals surface area contributed by atoms with Gasteiger partial charge in [-0.2, -0.15) is 0 Å². The second kappa shape index (κ2) is 6.50. The number of hydrogen-bond acceptors (Lipinski definition) is 3. The van der Waals surface area contributed by atoms with E-state index in [-0.39, 0.29) is 11.6 Å². The highest BCUT2D eigenvalue weighted by Crippen LogP contribution is 2.23. The molecule has 1 heterocycles. The minimum absolute atomic E-state index is 0.226. The van der Waals surface area contributed by atoms with Crippen LogP contribution in [-0.4, -0.2) is 28.0 Å². The fourth-order valence-corrected chi connectivity index (χ4v) is 2.41. The lowest BCUT2D eigenvalue weighted by molar-refractivity contribution is 0.0696. The molecule has 0 spiro atoms. The Hall–Kier alpha value is -2.20. The summed E-state index contributed by atoms with van der Waals surface area (Å²) in [6.45, 7) is 4.91. The van der Waals surface area contributed by atoms with Crippen LogP contribution in [-0.2, 0) is 6.54 Å². The molecular weight excluding hydrogens is 264 g/mol. The van der Waals surface area contributed by atoms with Crippen molar-refractivity contribution in [3.63, 3.8) is 0 Å². The third-order valence-electron chi connectivity index (χ3n) is 3.77. The van der Waals surface area contributed by atoms with Crippen LogP contribution in [0.25, 0.3) is 0 Å². The van der Waals surface area contributed by atoms with Crippen molar-refractivity contribution >= 4 is 5.97 Å². The van der Waals surface area contributed by atoms with Gasteiger partial charge in [0.1, 0.15) is 0 Å². The zero-order valence-electron chi connectivity index (χ0n) is 12.6. The highest BCUT2D eigenvalue weighted by atomic mass is 16.4. The third-order valence-corrected chi connectivity index (χ3v) is 3.77. The Balaban J connectivity index is 2.14. The van der Waals surface area contributed by atoms with E-state index in [1.165, 1.54) is 17.3 Å². The van der Waals surface area contributed by atoms with Gasteiger partial charge in [-0.15, -0.1) is 0 Å². The van der Waals surface area contributed by atoms with Crippen molar-refractivity contribution in [3.05, 3.63) is 65.0 Å². The van der Waals surface area contributed by atoms with Gasteiger partial charge in [-0.1, -0.05) is 24.3 Å². The summed E-state index contributed by atoms with van der Waals surface area (Å²) in [7, 11) is 2.03. The molecule has 0 saturated heterocycles. The summed E-state index contributed by atoms with van der Waals surface area (Å²) < 4.78 is 0. The molecule has 0 radical (unpaired) electrons. The number of aryl methyl sites for hydroxylation is 1. The summed E-state index contributed by atoms with van der Waals surface area (Å²) in [6, 6.07) is 10.2. The average Bonchev–Trinajstić information content (AvgIpc) is 2.47. The van der Waals surface area contributed by atoms with Gasteiger partial charge in [0.15, 0.2) is 0 Å². The van der Waals surface area contributed by atoms with Crippen molar-refractivity contribution in [2.45, 2.75) is 26.4 Å². The van der Waals surface area contributed by atoms with E-state index in [0.717, 1.165) is 5.56 Å². The Bertz CT molecular complexity index is 640. The molecule has 0 aliphatic heterocycles. The summed E-state index contributed by atoms with van der Waals surface area (Å²) in [5, 5.41) is 9.01. The Morgan fingerprint density at radius 3 is 2.71 bits per heavy atom. The van der Waals surface area contributed by atoms with Gasteiger partial charge in [0.05, 0.1) is 5.56 Å². The number of aromatic nitrogens is 1. The molecule has 0 saturated carbocycles. The Morgan fingerprint density at radius 2 is 2.05 bits per heavy atom. The molecule has 21 heavy (non-hydrogen) atoms. The largest absolute Gasteiger partial charge is 0.478 e. The first-order valence-electron chi connectivity index (χ1n) is 6.92. The van der Waals surface area contributed by atoms with Crippen molar-refractivity contribution in [1.82, 2.24) is 9.88 Å². The molecule has 0 aliphatic carbocycles. The van der Waals surface area contributed by atoms with Gasteiger partial charge in [0, 0.05) is 25.0 Å². The van der Waals surface area contributed by atoms with Gasteiger partial charge in [-0.25, -0.2) is 4.79 Å². The van der Waals surface area contributed by atoms with Gasteiger partial charge in [0.25, 0.3) is 0 Å². The smallest absolute Gasteiger partial charge is 0.337 e. The molecule has 0 bridgehead atoms. The van der Waals surface area contributed by atoms with Crippen LogP contribution in [0.2, 0.25) is 0 Å². The molecule has 2 aromatic rings. The molecule has 1 aromatic heterocycles. The van der Waals surface area contributed by atoms with Gasteiger partial charge in [-0.05, 0) is 43.7 Å². The van der Waals surface area contributed by atoms with Crippen molar-refractivity contribution in [2.75, 3.05) is 7.05 Å². The standard InChI is InChI=1S/C17H20N2O2/c1-12-6-4-5-7-16(12)13(2)19(3)11-14-8-15(17(20)21)10-18-9-14/h4-10,13H,11H2,1-3H3,(H,20,21)/t13-/m1/s1. The van der Waals surface area contributed by atoms with Crippen LogP contribution >= 0.6 is 0 Å². The molecule has 4 nitrogen and oxygen atoms in total. The van der Waals surface area contributed by atoms with E-state index in [4.69, 9.17) is 5.11 Å². The molecule has 1 aromatic carbocycles. The Labute approximate surface area is 125 Å². The summed E-state index contributed by atoms with van der Waals surface area (Å²) in [5.74, 6) is -0.945. The van der Waals surface area contributed by atoms with E-state index in [1.54, 1.807) is 12.3 Å². The Morgan fingerprint density at radius 1 is 1.33 bits per heavy atom. The van der Waals surface area contributed by atoms with Gasteiger partial charge in [-0.3, -0.25) is 9.88 Å². The maximum atomic E-state index is 11.0. The van der Waals surface area contributed by atoms with Gasteiger partial charge < -0.3 is 5.11 Å². The van der Waals surface area contributed by atoms with Crippen molar-refractivity contribution in [1.29, 1.82) is 0 Å². The first-order valence-corrected chi connectivity index (χ1v) is 6.92. The molecule has 0 amide bonds. The van der Waals surface area contributed by atoms with Crippen molar-refractivity contribution < 1.29 is 9.90 Å². The molecular formula is C17H20N2O2. The number of hydrogen-bond donors (Lipinski definition) is 1. The first kappa shape index (κ1) is 15.2. The zero-order valence-corrected chi connectivity index (χ0v) is 12.6. The van der Waals surface area contributed by atoms with Crippen LogP contribution in [0.3, 0.4) is 0 Å². The number of rotatable bonds is 5. The van der Waals surface area contributed by atoms with E-state index in [9.17, 15) is 4.79 Å². The SMILES string of the molecule is Cc1ccccc1[C@@H](C)N(C)Cc1cncc(C(=O)O)c1. The summed E-state index contributed by atoms with van der Waals surface area (Å²) in [4.78, 5) is 17.2. The predicted molar refractivity (Wildman–Crippen MR) is 82.3 cm³/mol. The van der Waals surface area contributed by atoms with Crippen molar-refractivity contribution in [3.8, 4) is 0 Å². The normalized spacial score (nSPS) is 12.4. The van der Waals surface area contributed by atoms with E-state index in [0.29, 0.717) is 6.54 Å². The van der Waals surface area contributed by atoms with Crippen LogP contribution in [0.1, 0.15) is 40.0 Å². The lowest BCUT2D eigenvalue weighted by atomic mass is 10.0. The van der Waals surface area contributed by atoms with Gasteiger partial charge >= 0.3 is 5.97 Å². The van der Waals surface area contributed by atoms with Crippen LogP contribution in [0.5, 0.6) is 0 Å². The molecule has 4 heteroatoms. The van der Waals surface area contributed by atoms with E-state index in [1.807, 2.05) is 19.2 Å². The quantitative estimate of drug-likeness (QED) is 0.915. The summed E-state index contributed by atoms with van der Waals surface area (Å²) >= 11 is 0. The molecule has 0 unspecified atom stereocenters. The number of carbonyl (C=O) groups is 1. The lowest BCUT2D eigenvalue weighted by Gasteiger charge is -2.26. The summed E-state index contributed by atoms with van der Waals surface area (Å²) in [6.07, 6.45) is 3.09. The molecule has 110 valence electrons. The van der Waals surface area contributed by atoms with Crippen LogP contribution in [0, 0.1) is 6.92 Å². The lowest BCUT2D eigenvalue weighted by Crippen LogP contribution is -2.22. The number of carboxylic acids is 1.